The standard InChI is InChI=1S/C17H18N4OS2/c1-21-11-13(10-19-21)17-20-15(12-24-17)16(22)18-8-5-9-23-14-6-3-2-4-7-14/h2-4,6-7,10-12H,5,8-9H2,1H3,(H,18,22). The van der Waals surface area contributed by atoms with Crippen LogP contribution in [0, 0.1) is 0 Å². The SMILES string of the molecule is Cn1cc(-c2nc(C(=O)NCCCSc3ccccc3)cs2)cn1. The third kappa shape index (κ3) is 4.46. The third-order valence-electron chi connectivity index (χ3n) is 3.31. The molecular formula is C17H18N4OS2. The number of hydrogen-bond acceptors (Lipinski definition) is 5. The van der Waals surface area contributed by atoms with E-state index in [9.17, 15) is 4.79 Å². The Bertz CT molecular complexity index is 798. The van der Waals surface area contributed by atoms with Gasteiger partial charge in [0.15, 0.2) is 0 Å². The molecule has 1 aromatic carbocycles. The van der Waals surface area contributed by atoms with Crippen molar-refractivity contribution in [1.29, 1.82) is 0 Å². The molecule has 7 heteroatoms. The van der Waals surface area contributed by atoms with Gasteiger partial charge in [-0.15, -0.1) is 23.1 Å². The summed E-state index contributed by atoms with van der Waals surface area (Å²) < 4.78 is 1.72. The second kappa shape index (κ2) is 8.12. The van der Waals surface area contributed by atoms with E-state index in [1.54, 1.807) is 28.0 Å². The summed E-state index contributed by atoms with van der Waals surface area (Å²) in [5.74, 6) is 0.855. The predicted octanol–water partition coefficient (Wildman–Crippen LogP) is 3.46. The van der Waals surface area contributed by atoms with Crippen LogP contribution in [-0.2, 0) is 7.05 Å². The lowest BCUT2D eigenvalue weighted by Gasteiger charge is -2.03. The van der Waals surface area contributed by atoms with Crippen LogP contribution in [-0.4, -0.2) is 33.0 Å². The number of thiazole rings is 1. The highest BCUT2D eigenvalue weighted by Crippen LogP contribution is 2.23. The number of thioether (sulfide) groups is 1. The van der Waals surface area contributed by atoms with Crippen LogP contribution in [0.2, 0.25) is 0 Å². The first kappa shape index (κ1) is 16.7. The first-order chi connectivity index (χ1) is 11.7. The highest BCUT2D eigenvalue weighted by Gasteiger charge is 2.12. The van der Waals surface area contributed by atoms with Crippen LogP contribution in [0.25, 0.3) is 10.6 Å². The van der Waals surface area contributed by atoms with E-state index in [0.29, 0.717) is 12.2 Å². The maximum Gasteiger partial charge on any atom is 0.270 e. The van der Waals surface area contributed by atoms with Gasteiger partial charge in [0.25, 0.3) is 5.91 Å². The molecule has 0 aliphatic heterocycles. The molecule has 124 valence electrons. The number of rotatable bonds is 7. The Morgan fingerprint density at radius 2 is 2.17 bits per heavy atom. The minimum absolute atomic E-state index is 0.119. The van der Waals surface area contributed by atoms with E-state index in [0.717, 1.165) is 22.7 Å². The Hall–Kier alpha value is -2.12. The summed E-state index contributed by atoms with van der Waals surface area (Å²) in [6.07, 6.45) is 4.56. The van der Waals surface area contributed by atoms with Crippen molar-refractivity contribution in [3.63, 3.8) is 0 Å². The molecular weight excluding hydrogens is 340 g/mol. The van der Waals surface area contributed by atoms with Crippen molar-refractivity contribution in [2.75, 3.05) is 12.3 Å². The van der Waals surface area contributed by atoms with Crippen LogP contribution in [0.1, 0.15) is 16.9 Å². The van der Waals surface area contributed by atoms with Gasteiger partial charge in [-0.25, -0.2) is 4.98 Å². The van der Waals surface area contributed by atoms with Crippen molar-refractivity contribution >= 4 is 29.0 Å². The van der Waals surface area contributed by atoms with Crippen LogP contribution in [0.4, 0.5) is 0 Å². The number of carbonyl (C=O) groups excluding carboxylic acids is 1. The van der Waals surface area contributed by atoms with Gasteiger partial charge in [0.05, 0.1) is 6.20 Å². The maximum absolute atomic E-state index is 12.1. The largest absolute Gasteiger partial charge is 0.351 e. The van der Waals surface area contributed by atoms with Crippen LogP contribution in [0.3, 0.4) is 0 Å². The molecule has 2 aromatic heterocycles. The molecule has 0 aliphatic rings. The summed E-state index contributed by atoms with van der Waals surface area (Å²) in [5.41, 5.74) is 1.40. The smallest absolute Gasteiger partial charge is 0.270 e. The fraction of sp³-hybridized carbons (Fsp3) is 0.235. The van der Waals surface area contributed by atoms with Gasteiger partial charge in [0, 0.05) is 35.6 Å². The third-order valence-corrected chi connectivity index (χ3v) is 5.30. The van der Waals surface area contributed by atoms with Crippen molar-refractivity contribution in [3.05, 3.63) is 53.8 Å². The van der Waals surface area contributed by atoms with E-state index in [2.05, 4.69) is 27.5 Å². The van der Waals surface area contributed by atoms with E-state index in [1.165, 1.54) is 16.2 Å². The summed E-state index contributed by atoms with van der Waals surface area (Å²) >= 11 is 3.25. The molecule has 2 heterocycles. The average molecular weight is 358 g/mol. The van der Waals surface area contributed by atoms with Crippen molar-refractivity contribution in [3.8, 4) is 10.6 Å². The van der Waals surface area contributed by atoms with E-state index < -0.39 is 0 Å². The van der Waals surface area contributed by atoms with Gasteiger partial charge >= 0.3 is 0 Å². The van der Waals surface area contributed by atoms with Crippen LogP contribution in [0.15, 0.2) is 53.0 Å². The fourth-order valence-corrected chi connectivity index (χ4v) is 3.76. The Morgan fingerprint density at radius 1 is 1.33 bits per heavy atom. The molecule has 0 fully saturated rings. The van der Waals surface area contributed by atoms with Crippen LogP contribution < -0.4 is 5.32 Å². The molecule has 0 radical (unpaired) electrons. The van der Waals surface area contributed by atoms with E-state index in [4.69, 9.17) is 0 Å². The number of amides is 1. The molecule has 3 rings (SSSR count). The Balaban J connectivity index is 1.43. The molecule has 3 aromatic rings. The number of carbonyl (C=O) groups is 1. The van der Waals surface area contributed by atoms with E-state index >= 15 is 0 Å². The summed E-state index contributed by atoms with van der Waals surface area (Å²) in [5, 5.41) is 9.65. The molecule has 24 heavy (non-hydrogen) atoms. The normalized spacial score (nSPS) is 10.7. The quantitative estimate of drug-likeness (QED) is 0.519. The first-order valence-electron chi connectivity index (χ1n) is 7.63. The lowest BCUT2D eigenvalue weighted by molar-refractivity contribution is 0.0949. The van der Waals surface area contributed by atoms with Crippen molar-refractivity contribution in [1.82, 2.24) is 20.1 Å². The predicted molar refractivity (Wildman–Crippen MR) is 98.4 cm³/mol. The zero-order valence-electron chi connectivity index (χ0n) is 13.3. The van der Waals surface area contributed by atoms with Gasteiger partial charge in [-0.1, -0.05) is 18.2 Å². The second-order valence-corrected chi connectivity index (χ2v) is 7.24. The van der Waals surface area contributed by atoms with Gasteiger partial charge in [-0.3, -0.25) is 9.48 Å². The number of nitrogens with one attached hydrogen (secondary N) is 1. The topological polar surface area (TPSA) is 59.8 Å². The summed E-state index contributed by atoms with van der Waals surface area (Å²) in [6.45, 7) is 0.651. The molecule has 5 nitrogen and oxygen atoms in total. The highest BCUT2D eigenvalue weighted by atomic mass is 32.2. The second-order valence-electron chi connectivity index (χ2n) is 5.21. The van der Waals surface area contributed by atoms with Gasteiger partial charge in [-0.2, -0.15) is 5.10 Å². The van der Waals surface area contributed by atoms with Crippen molar-refractivity contribution < 1.29 is 4.79 Å². The molecule has 0 saturated carbocycles. The Morgan fingerprint density at radius 3 is 2.92 bits per heavy atom. The molecule has 0 atom stereocenters. The molecule has 0 aliphatic carbocycles. The monoisotopic (exact) mass is 358 g/mol. The van der Waals surface area contributed by atoms with Crippen molar-refractivity contribution in [2.45, 2.75) is 11.3 Å². The van der Waals surface area contributed by atoms with Gasteiger partial charge in [0.1, 0.15) is 10.7 Å². The highest BCUT2D eigenvalue weighted by molar-refractivity contribution is 7.99. The number of aryl methyl sites for hydroxylation is 1. The lowest BCUT2D eigenvalue weighted by atomic mass is 10.4. The first-order valence-corrected chi connectivity index (χ1v) is 9.49. The zero-order valence-corrected chi connectivity index (χ0v) is 14.9. The minimum atomic E-state index is -0.119. The molecule has 1 amide bonds. The van der Waals surface area contributed by atoms with E-state index in [-0.39, 0.29) is 5.91 Å². The van der Waals surface area contributed by atoms with Crippen LogP contribution >= 0.6 is 23.1 Å². The molecule has 0 bridgehead atoms. The average Bonchev–Trinajstić information content (AvgIpc) is 3.24. The molecule has 0 unspecified atom stereocenters. The molecule has 0 spiro atoms. The maximum atomic E-state index is 12.1. The fourth-order valence-electron chi connectivity index (χ4n) is 2.11. The Kier molecular flexibility index (Phi) is 5.66. The minimum Gasteiger partial charge on any atom is -0.351 e. The summed E-state index contributed by atoms with van der Waals surface area (Å²) in [7, 11) is 1.86. The van der Waals surface area contributed by atoms with E-state index in [1.807, 2.05) is 31.4 Å². The van der Waals surface area contributed by atoms with Crippen molar-refractivity contribution in [2.24, 2.45) is 7.05 Å². The number of aromatic nitrogens is 3. The number of nitrogens with zero attached hydrogens (tertiary/aromatic N) is 3. The van der Waals surface area contributed by atoms with Gasteiger partial charge < -0.3 is 5.32 Å². The van der Waals surface area contributed by atoms with Gasteiger partial charge in [0.2, 0.25) is 0 Å². The lowest BCUT2D eigenvalue weighted by Crippen LogP contribution is -2.25. The number of hydrogen-bond donors (Lipinski definition) is 1. The summed E-state index contributed by atoms with van der Waals surface area (Å²) in [4.78, 5) is 17.8. The van der Waals surface area contributed by atoms with Crippen LogP contribution in [0.5, 0.6) is 0 Å². The zero-order chi connectivity index (χ0) is 16.8. The summed E-state index contributed by atoms with van der Waals surface area (Å²) in [6, 6.07) is 10.3. The molecule has 0 saturated heterocycles. The Labute approximate surface area is 149 Å². The number of benzene rings is 1. The van der Waals surface area contributed by atoms with Gasteiger partial charge in [-0.05, 0) is 24.3 Å². The molecule has 1 N–H and O–H groups in total.